The van der Waals surface area contributed by atoms with Crippen LogP contribution in [0.1, 0.15) is 367 Å². The molecule has 1 saturated heterocycles. The highest BCUT2D eigenvalue weighted by molar-refractivity contribution is 5.76. The maximum Gasteiger partial charge on any atom is 0.220 e. The second kappa shape index (κ2) is 60.8. The van der Waals surface area contributed by atoms with Gasteiger partial charge >= 0.3 is 0 Å². The van der Waals surface area contributed by atoms with E-state index in [0.717, 1.165) is 38.5 Å². The minimum atomic E-state index is -1.57. The molecule has 0 radical (unpaired) electrons. The topological polar surface area (TPSA) is 149 Å². The molecule has 9 nitrogen and oxygen atoms in total. The van der Waals surface area contributed by atoms with Gasteiger partial charge in [0.05, 0.1) is 25.4 Å². The van der Waals surface area contributed by atoms with E-state index < -0.39 is 49.5 Å². The molecule has 474 valence electrons. The van der Waals surface area contributed by atoms with Gasteiger partial charge in [0, 0.05) is 6.42 Å². The van der Waals surface area contributed by atoms with Gasteiger partial charge in [-0.05, 0) is 44.9 Å². The van der Waals surface area contributed by atoms with E-state index in [1.54, 1.807) is 6.08 Å². The van der Waals surface area contributed by atoms with Crippen LogP contribution in [0.25, 0.3) is 0 Å². The lowest BCUT2D eigenvalue weighted by Gasteiger charge is -2.40. The average Bonchev–Trinajstić information content (AvgIpc) is 3.46. The van der Waals surface area contributed by atoms with Crippen LogP contribution in [0.4, 0.5) is 0 Å². The summed E-state index contributed by atoms with van der Waals surface area (Å²) in [7, 11) is 0. The van der Waals surface area contributed by atoms with Gasteiger partial charge in [0.1, 0.15) is 24.4 Å². The van der Waals surface area contributed by atoms with Gasteiger partial charge in [-0.15, -0.1) is 0 Å². The molecule has 0 bridgehead atoms. The van der Waals surface area contributed by atoms with Crippen LogP contribution in [0.3, 0.4) is 0 Å². The Kier molecular flexibility index (Phi) is 58.3. The maximum absolute atomic E-state index is 13.1. The van der Waals surface area contributed by atoms with Crippen molar-refractivity contribution in [2.75, 3.05) is 13.2 Å². The Hall–Kier alpha value is -1.33. The van der Waals surface area contributed by atoms with Crippen LogP contribution in [0.5, 0.6) is 0 Å². The van der Waals surface area contributed by atoms with Gasteiger partial charge in [-0.25, -0.2) is 0 Å². The minimum Gasteiger partial charge on any atom is -0.394 e. The molecular formula is C71H137NO8. The van der Waals surface area contributed by atoms with Gasteiger partial charge in [0.15, 0.2) is 6.29 Å². The van der Waals surface area contributed by atoms with E-state index in [4.69, 9.17) is 9.47 Å². The monoisotopic (exact) mass is 1130 g/mol. The number of aliphatic hydroxyl groups excluding tert-OH is 5. The quantitative estimate of drug-likeness (QED) is 0.0261. The van der Waals surface area contributed by atoms with Crippen LogP contribution >= 0.6 is 0 Å². The van der Waals surface area contributed by atoms with Crippen molar-refractivity contribution < 1.29 is 39.8 Å². The van der Waals surface area contributed by atoms with Gasteiger partial charge in [-0.1, -0.05) is 340 Å². The number of carbonyl (C=O) groups excluding carboxylic acids is 1. The van der Waals surface area contributed by atoms with Crippen LogP contribution in [-0.2, 0) is 14.3 Å². The van der Waals surface area contributed by atoms with E-state index in [0.29, 0.717) is 6.42 Å². The Morgan fingerprint density at radius 1 is 0.412 bits per heavy atom. The summed E-state index contributed by atoms with van der Waals surface area (Å²) in [6, 6.07) is -0.803. The van der Waals surface area contributed by atoms with Crippen LogP contribution in [0, 0.1) is 0 Å². The number of amides is 1. The third kappa shape index (κ3) is 49.0. The first-order valence-electron chi connectivity index (χ1n) is 35.6. The highest BCUT2D eigenvalue weighted by Crippen LogP contribution is 2.24. The molecule has 0 aromatic carbocycles. The molecule has 0 aromatic heterocycles. The zero-order valence-electron chi connectivity index (χ0n) is 53.1. The van der Waals surface area contributed by atoms with Gasteiger partial charge in [0.2, 0.25) is 5.91 Å². The zero-order valence-corrected chi connectivity index (χ0v) is 53.1. The lowest BCUT2D eigenvalue weighted by Crippen LogP contribution is -2.60. The fourth-order valence-corrected chi connectivity index (χ4v) is 11.7. The number of unbranched alkanes of at least 4 members (excludes halogenated alkanes) is 51. The average molecular weight is 1130 g/mol. The molecule has 1 heterocycles. The second-order valence-electron chi connectivity index (χ2n) is 25.0. The fourth-order valence-electron chi connectivity index (χ4n) is 11.7. The van der Waals surface area contributed by atoms with Gasteiger partial charge in [-0.2, -0.15) is 0 Å². The van der Waals surface area contributed by atoms with Crippen LogP contribution < -0.4 is 5.32 Å². The molecule has 0 saturated carbocycles. The Labute approximate surface area is 496 Å². The lowest BCUT2D eigenvalue weighted by atomic mass is 9.99. The second-order valence-corrected chi connectivity index (χ2v) is 25.0. The van der Waals surface area contributed by atoms with Crippen molar-refractivity contribution in [2.45, 2.75) is 410 Å². The third-order valence-electron chi connectivity index (χ3n) is 17.3. The zero-order chi connectivity index (χ0) is 57.9. The molecule has 1 rings (SSSR count). The number of allylic oxidation sites excluding steroid dienone is 3. The van der Waals surface area contributed by atoms with Crippen LogP contribution in [-0.4, -0.2) is 87.5 Å². The molecule has 0 aromatic rings. The summed E-state index contributed by atoms with van der Waals surface area (Å²) < 4.78 is 11.3. The first kappa shape index (κ1) is 76.7. The third-order valence-corrected chi connectivity index (χ3v) is 17.3. The first-order chi connectivity index (χ1) is 39.3. The molecule has 6 N–H and O–H groups in total. The smallest absolute Gasteiger partial charge is 0.220 e. The summed E-state index contributed by atoms with van der Waals surface area (Å²) in [4.78, 5) is 13.1. The number of carbonyl (C=O) groups is 1. The summed E-state index contributed by atoms with van der Waals surface area (Å²) in [6.07, 6.45) is 72.9. The number of aliphatic hydroxyl groups is 5. The lowest BCUT2D eigenvalue weighted by molar-refractivity contribution is -0.302. The Morgan fingerprint density at radius 3 is 1.01 bits per heavy atom. The van der Waals surface area contributed by atoms with E-state index in [2.05, 4.69) is 31.3 Å². The van der Waals surface area contributed by atoms with Gasteiger partial charge < -0.3 is 40.3 Å². The van der Waals surface area contributed by atoms with E-state index in [1.165, 1.54) is 308 Å². The van der Waals surface area contributed by atoms with E-state index in [1.807, 2.05) is 6.08 Å². The molecular weight excluding hydrogens is 995 g/mol. The van der Waals surface area contributed by atoms with Crippen molar-refractivity contribution in [3.63, 3.8) is 0 Å². The van der Waals surface area contributed by atoms with Crippen molar-refractivity contribution >= 4 is 5.91 Å². The van der Waals surface area contributed by atoms with Crippen molar-refractivity contribution in [1.29, 1.82) is 0 Å². The van der Waals surface area contributed by atoms with Crippen molar-refractivity contribution in [3.05, 3.63) is 24.3 Å². The highest BCUT2D eigenvalue weighted by atomic mass is 16.7. The maximum atomic E-state index is 13.1. The molecule has 7 atom stereocenters. The van der Waals surface area contributed by atoms with Crippen molar-refractivity contribution in [3.8, 4) is 0 Å². The summed E-state index contributed by atoms with van der Waals surface area (Å²) in [5, 5.41) is 54.7. The molecule has 80 heavy (non-hydrogen) atoms. The predicted molar refractivity (Wildman–Crippen MR) is 341 cm³/mol. The predicted octanol–water partition coefficient (Wildman–Crippen LogP) is 19.3. The van der Waals surface area contributed by atoms with Gasteiger partial charge in [0.25, 0.3) is 0 Å². The van der Waals surface area contributed by atoms with E-state index >= 15 is 0 Å². The number of rotatable bonds is 63. The molecule has 7 unspecified atom stereocenters. The number of hydrogen-bond acceptors (Lipinski definition) is 8. The molecule has 0 aliphatic carbocycles. The van der Waals surface area contributed by atoms with E-state index in [9.17, 15) is 30.3 Å². The first-order valence-corrected chi connectivity index (χ1v) is 35.6. The van der Waals surface area contributed by atoms with E-state index in [-0.39, 0.29) is 12.5 Å². The molecule has 9 heteroatoms. The highest BCUT2D eigenvalue weighted by Gasteiger charge is 2.44. The van der Waals surface area contributed by atoms with Crippen molar-refractivity contribution in [2.24, 2.45) is 0 Å². The molecule has 1 amide bonds. The summed E-state index contributed by atoms with van der Waals surface area (Å²) in [5.74, 6) is -0.168. The van der Waals surface area contributed by atoms with Crippen LogP contribution in [0.15, 0.2) is 24.3 Å². The largest absolute Gasteiger partial charge is 0.394 e. The van der Waals surface area contributed by atoms with Crippen molar-refractivity contribution in [1.82, 2.24) is 5.32 Å². The van der Waals surface area contributed by atoms with Crippen LogP contribution in [0.2, 0.25) is 0 Å². The number of hydrogen-bond donors (Lipinski definition) is 6. The normalized spacial score (nSPS) is 18.5. The summed E-state index contributed by atoms with van der Waals surface area (Å²) >= 11 is 0. The summed E-state index contributed by atoms with van der Waals surface area (Å²) in [6.45, 7) is 3.84. The standard InChI is InChI=1S/C71H137NO8/c1-3-5-7-9-11-13-15-17-19-21-23-25-27-28-29-30-31-32-33-34-35-36-37-38-39-41-43-45-47-49-51-53-55-57-59-61-67(75)72-64(63-79-71-70(78)69(77)68(76)66(62-73)80-71)65(74)60-58-56-54-52-50-48-46-44-42-40-26-24-22-20-18-16-14-12-10-8-6-4-2/h21,23,58,60,64-66,68-71,73-74,76-78H,3-20,22,24-57,59,61-63H2,1-2H3,(H,72,75)/b23-21-,60-58+. The number of ether oxygens (including phenoxy) is 2. The molecule has 1 aliphatic rings. The minimum absolute atomic E-state index is 0.168. The SMILES string of the molecule is CCCCCCCCCC/C=C\CCCCCCCCCCCCCCCCCCCCCCCCCC(=O)NC(COC1OC(CO)C(O)C(O)C1O)C(O)/C=C/CCCCCCCCCCCCCCCCCCCCCC. The molecule has 1 fully saturated rings. The molecule has 1 aliphatic heterocycles. The number of nitrogens with one attached hydrogen (secondary N) is 1. The van der Waals surface area contributed by atoms with Gasteiger partial charge in [-0.3, -0.25) is 4.79 Å². The Balaban J connectivity index is 2.08. The Morgan fingerprint density at radius 2 is 0.700 bits per heavy atom. The Bertz CT molecular complexity index is 1310. The summed E-state index contributed by atoms with van der Waals surface area (Å²) in [5.41, 5.74) is 0. The fraction of sp³-hybridized carbons (Fsp3) is 0.930. The molecule has 0 spiro atoms.